The lowest BCUT2D eigenvalue weighted by molar-refractivity contribution is 0.102. The van der Waals surface area contributed by atoms with Gasteiger partial charge in [0.15, 0.2) is 6.61 Å². The summed E-state index contributed by atoms with van der Waals surface area (Å²) < 4.78 is 5.23. The number of nitriles is 1. The molecule has 1 amide bonds. The third-order valence-electron chi connectivity index (χ3n) is 4.30. The average molecular weight is 380 g/mol. The van der Waals surface area contributed by atoms with Crippen molar-refractivity contribution in [2.45, 2.75) is 0 Å². The second-order valence-corrected chi connectivity index (χ2v) is 6.21. The van der Waals surface area contributed by atoms with Crippen LogP contribution in [0.3, 0.4) is 0 Å². The normalized spacial score (nSPS) is 10.3. The number of carbonyl (C=O) groups is 1. The highest BCUT2D eigenvalue weighted by molar-refractivity contribution is 6.13. The molecule has 2 heterocycles. The Balaban J connectivity index is 1.67. The van der Waals surface area contributed by atoms with Gasteiger partial charge in [-0.05, 0) is 48.5 Å². The maximum absolute atomic E-state index is 13.0. The lowest BCUT2D eigenvalue weighted by atomic mass is 10.1. The van der Waals surface area contributed by atoms with Crippen LogP contribution in [0.2, 0.25) is 0 Å². The Morgan fingerprint density at radius 1 is 1.00 bits per heavy atom. The summed E-state index contributed by atoms with van der Waals surface area (Å²) in [6.45, 7) is -0.0228. The predicted molar refractivity (Wildman–Crippen MR) is 110 cm³/mol. The number of rotatable bonds is 5. The van der Waals surface area contributed by atoms with Crippen LogP contribution >= 0.6 is 0 Å². The van der Waals surface area contributed by atoms with Crippen molar-refractivity contribution >= 4 is 22.5 Å². The van der Waals surface area contributed by atoms with Crippen molar-refractivity contribution in [3.8, 4) is 23.2 Å². The first-order valence-corrected chi connectivity index (χ1v) is 8.97. The maximum Gasteiger partial charge on any atom is 0.256 e. The molecule has 6 nitrogen and oxygen atoms in total. The Bertz CT molecular complexity index is 1200. The molecule has 29 heavy (non-hydrogen) atoms. The van der Waals surface area contributed by atoms with E-state index in [4.69, 9.17) is 10.00 Å². The van der Waals surface area contributed by atoms with E-state index in [-0.39, 0.29) is 12.5 Å². The van der Waals surface area contributed by atoms with Crippen LogP contribution in [0.25, 0.3) is 22.3 Å². The summed E-state index contributed by atoms with van der Waals surface area (Å²) in [4.78, 5) is 22.0. The van der Waals surface area contributed by atoms with E-state index in [1.165, 1.54) is 0 Å². The number of carbonyl (C=O) groups excluding carboxylic acids is 1. The standard InChI is InChI=1S/C23H16N4O2/c24-12-14-29-17-10-8-16(9-11-17)26-23(28)19-15-22(21-7-3-4-13-25-21)27-20-6-2-1-5-18(19)20/h1-11,13,15H,14H2,(H,26,28). The van der Waals surface area contributed by atoms with Gasteiger partial charge in [-0.15, -0.1) is 0 Å². The van der Waals surface area contributed by atoms with Crippen molar-refractivity contribution < 1.29 is 9.53 Å². The molecule has 0 saturated heterocycles. The van der Waals surface area contributed by atoms with Crippen LogP contribution in [0, 0.1) is 11.3 Å². The highest BCUT2D eigenvalue weighted by atomic mass is 16.5. The van der Waals surface area contributed by atoms with Gasteiger partial charge in [-0.2, -0.15) is 5.26 Å². The molecular weight excluding hydrogens is 364 g/mol. The number of nitrogens with one attached hydrogen (secondary N) is 1. The molecule has 4 aromatic rings. The number of aromatic nitrogens is 2. The van der Waals surface area contributed by atoms with Crippen LogP contribution in [0.15, 0.2) is 79.0 Å². The number of pyridine rings is 2. The van der Waals surface area contributed by atoms with Crippen LogP contribution in [-0.2, 0) is 0 Å². The van der Waals surface area contributed by atoms with Gasteiger partial charge >= 0.3 is 0 Å². The quantitative estimate of drug-likeness (QED) is 0.553. The SMILES string of the molecule is N#CCOc1ccc(NC(=O)c2cc(-c3ccccn3)nc3ccccc23)cc1. The first-order valence-electron chi connectivity index (χ1n) is 8.97. The smallest absolute Gasteiger partial charge is 0.256 e. The molecule has 140 valence electrons. The third kappa shape index (κ3) is 4.04. The molecule has 0 fully saturated rings. The minimum absolute atomic E-state index is 0.0228. The molecule has 6 heteroatoms. The molecule has 0 spiro atoms. The highest BCUT2D eigenvalue weighted by Gasteiger charge is 2.14. The van der Waals surface area contributed by atoms with E-state index in [0.717, 1.165) is 10.9 Å². The van der Waals surface area contributed by atoms with E-state index in [1.807, 2.05) is 48.5 Å². The number of fused-ring (bicyclic) bond motifs is 1. The number of nitrogens with zero attached hydrogens (tertiary/aromatic N) is 3. The average Bonchev–Trinajstić information content (AvgIpc) is 2.78. The van der Waals surface area contributed by atoms with Crippen molar-refractivity contribution in [3.63, 3.8) is 0 Å². The van der Waals surface area contributed by atoms with Gasteiger partial charge in [-0.1, -0.05) is 24.3 Å². The number of benzene rings is 2. The zero-order valence-electron chi connectivity index (χ0n) is 15.4. The molecule has 0 bridgehead atoms. The van der Waals surface area contributed by atoms with Crippen LogP contribution in [0.1, 0.15) is 10.4 Å². The Morgan fingerprint density at radius 3 is 2.55 bits per heavy atom. The first kappa shape index (κ1) is 18.1. The van der Waals surface area contributed by atoms with Gasteiger partial charge < -0.3 is 10.1 Å². The highest BCUT2D eigenvalue weighted by Crippen LogP contribution is 2.25. The van der Waals surface area contributed by atoms with Crippen molar-refractivity contribution in [1.82, 2.24) is 9.97 Å². The summed E-state index contributed by atoms with van der Waals surface area (Å²) in [5, 5.41) is 12.2. The van der Waals surface area contributed by atoms with Gasteiger partial charge in [0.1, 0.15) is 11.8 Å². The molecule has 4 rings (SSSR count). The minimum atomic E-state index is -0.244. The van der Waals surface area contributed by atoms with Crippen molar-refractivity contribution in [1.29, 1.82) is 5.26 Å². The fraction of sp³-hybridized carbons (Fsp3) is 0.0435. The Hall–Kier alpha value is -4.24. The fourth-order valence-electron chi connectivity index (χ4n) is 2.96. The van der Waals surface area contributed by atoms with E-state index < -0.39 is 0 Å². The molecule has 0 radical (unpaired) electrons. The molecule has 0 aliphatic heterocycles. The largest absolute Gasteiger partial charge is 0.479 e. The number of hydrogen-bond donors (Lipinski definition) is 1. The summed E-state index contributed by atoms with van der Waals surface area (Å²) in [6, 6.07) is 23.6. The molecule has 0 aliphatic rings. The molecule has 2 aromatic carbocycles. The second kappa shape index (κ2) is 8.19. The van der Waals surface area contributed by atoms with Gasteiger partial charge in [0.25, 0.3) is 5.91 Å². The second-order valence-electron chi connectivity index (χ2n) is 6.21. The van der Waals surface area contributed by atoms with E-state index in [1.54, 1.807) is 36.5 Å². The summed E-state index contributed by atoms with van der Waals surface area (Å²) >= 11 is 0. The summed E-state index contributed by atoms with van der Waals surface area (Å²) in [7, 11) is 0. The summed E-state index contributed by atoms with van der Waals surface area (Å²) in [5.41, 5.74) is 3.20. The minimum Gasteiger partial charge on any atom is -0.479 e. The number of amides is 1. The lowest BCUT2D eigenvalue weighted by Crippen LogP contribution is -2.13. The number of anilines is 1. The topological polar surface area (TPSA) is 87.9 Å². The van der Waals surface area contributed by atoms with Crippen LogP contribution in [0.4, 0.5) is 5.69 Å². The van der Waals surface area contributed by atoms with Gasteiger partial charge in [0.2, 0.25) is 0 Å². The molecular formula is C23H16N4O2. The fourth-order valence-corrected chi connectivity index (χ4v) is 2.96. The summed E-state index contributed by atoms with van der Waals surface area (Å²) in [5.74, 6) is 0.322. The summed E-state index contributed by atoms with van der Waals surface area (Å²) in [6.07, 6.45) is 1.70. The monoisotopic (exact) mass is 380 g/mol. The van der Waals surface area contributed by atoms with Gasteiger partial charge in [-0.3, -0.25) is 9.78 Å². The predicted octanol–water partition coefficient (Wildman–Crippen LogP) is 4.45. The molecule has 0 saturated carbocycles. The number of hydrogen-bond acceptors (Lipinski definition) is 5. The zero-order valence-corrected chi connectivity index (χ0v) is 15.4. The Morgan fingerprint density at radius 2 is 1.79 bits per heavy atom. The molecule has 2 aromatic heterocycles. The van der Waals surface area contributed by atoms with Crippen LogP contribution in [0.5, 0.6) is 5.75 Å². The lowest BCUT2D eigenvalue weighted by Gasteiger charge is -2.11. The van der Waals surface area contributed by atoms with Gasteiger partial charge in [0, 0.05) is 17.3 Å². The number of para-hydroxylation sites is 1. The van der Waals surface area contributed by atoms with Gasteiger partial charge in [0.05, 0.1) is 22.5 Å². The zero-order chi connectivity index (χ0) is 20.1. The van der Waals surface area contributed by atoms with Crippen molar-refractivity contribution in [3.05, 3.63) is 84.6 Å². The van der Waals surface area contributed by atoms with E-state index >= 15 is 0 Å². The number of ether oxygens (including phenoxy) is 1. The van der Waals surface area contributed by atoms with Crippen molar-refractivity contribution in [2.24, 2.45) is 0 Å². The van der Waals surface area contributed by atoms with Crippen molar-refractivity contribution in [2.75, 3.05) is 11.9 Å². The molecule has 0 atom stereocenters. The van der Waals surface area contributed by atoms with Crippen LogP contribution in [-0.4, -0.2) is 22.5 Å². The van der Waals surface area contributed by atoms with E-state index in [0.29, 0.717) is 28.4 Å². The Labute approximate surface area is 167 Å². The van der Waals surface area contributed by atoms with Gasteiger partial charge in [-0.25, -0.2) is 4.98 Å². The first-order chi connectivity index (χ1) is 14.2. The molecule has 1 N–H and O–H groups in total. The third-order valence-corrected chi connectivity index (χ3v) is 4.30. The molecule has 0 unspecified atom stereocenters. The molecule has 0 aliphatic carbocycles. The van der Waals surface area contributed by atoms with E-state index in [9.17, 15) is 4.79 Å². The maximum atomic E-state index is 13.0. The van der Waals surface area contributed by atoms with E-state index in [2.05, 4.69) is 15.3 Å². The Kier molecular flexibility index (Phi) is 5.12. The van der Waals surface area contributed by atoms with Crippen LogP contribution < -0.4 is 10.1 Å².